The lowest BCUT2D eigenvalue weighted by molar-refractivity contribution is -0.121. The smallest absolute Gasteiger partial charge is 0.243 e. The molecule has 0 aliphatic heterocycles. The van der Waals surface area contributed by atoms with E-state index in [4.69, 9.17) is 11.6 Å². The predicted octanol–water partition coefficient (Wildman–Crippen LogP) is 3.29. The van der Waals surface area contributed by atoms with E-state index in [0.29, 0.717) is 10.9 Å². The SMILES string of the molecule is CC(C)CCC[C@H](C)NC(=O)CN(C)S(=O)(=O)c1ccc(Cl)cc1. The summed E-state index contributed by atoms with van der Waals surface area (Å²) in [6.07, 6.45) is 3.04. The summed E-state index contributed by atoms with van der Waals surface area (Å²) in [4.78, 5) is 12.2. The van der Waals surface area contributed by atoms with Crippen LogP contribution in [0.25, 0.3) is 0 Å². The standard InChI is InChI=1S/C17H27ClN2O3S/c1-13(2)6-5-7-14(3)19-17(21)12-20(4)24(22,23)16-10-8-15(18)9-11-16/h8-11,13-14H,5-7,12H2,1-4H3,(H,19,21)/t14-/m0/s1. The summed E-state index contributed by atoms with van der Waals surface area (Å²) in [5.74, 6) is 0.343. The average Bonchev–Trinajstić information content (AvgIpc) is 2.46. The summed E-state index contributed by atoms with van der Waals surface area (Å²) in [6, 6.07) is 5.92. The molecule has 0 saturated carbocycles. The highest BCUT2D eigenvalue weighted by Gasteiger charge is 2.23. The van der Waals surface area contributed by atoms with Crippen LogP contribution in [0.3, 0.4) is 0 Å². The zero-order chi connectivity index (χ0) is 18.3. The van der Waals surface area contributed by atoms with E-state index < -0.39 is 10.0 Å². The molecule has 0 unspecified atom stereocenters. The molecule has 0 heterocycles. The maximum Gasteiger partial charge on any atom is 0.243 e. The quantitative estimate of drug-likeness (QED) is 0.721. The van der Waals surface area contributed by atoms with Gasteiger partial charge in [-0.1, -0.05) is 38.3 Å². The van der Waals surface area contributed by atoms with Crippen LogP contribution in [0.4, 0.5) is 0 Å². The van der Waals surface area contributed by atoms with Crippen LogP contribution in [0.15, 0.2) is 29.2 Å². The number of likely N-dealkylation sites (N-methyl/N-ethyl adjacent to an activating group) is 1. The highest BCUT2D eigenvalue weighted by Crippen LogP contribution is 2.17. The van der Waals surface area contributed by atoms with Crippen molar-refractivity contribution in [3.05, 3.63) is 29.3 Å². The fourth-order valence-corrected chi connectivity index (χ4v) is 3.55. The number of carbonyl (C=O) groups is 1. The van der Waals surface area contributed by atoms with Gasteiger partial charge >= 0.3 is 0 Å². The maximum absolute atomic E-state index is 12.4. The van der Waals surface area contributed by atoms with Gasteiger partial charge < -0.3 is 5.32 Å². The van der Waals surface area contributed by atoms with Gasteiger partial charge in [-0.3, -0.25) is 4.79 Å². The molecule has 136 valence electrons. The predicted molar refractivity (Wildman–Crippen MR) is 97.6 cm³/mol. The van der Waals surface area contributed by atoms with Crippen molar-refractivity contribution >= 4 is 27.5 Å². The Labute approximate surface area is 150 Å². The van der Waals surface area contributed by atoms with E-state index >= 15 is 0 Å². The van der Waals surface area contributed by atoms with Crippen molar-refractivity contribution < 1.29 is 13.2 Å². The zero-order valence-electron chi connectivity index (χ0n) is 14.8. The lowest BCUT2D eigenvalue weighted by atomic mass is 10.0. The summed E-state index contributed by atoms with van der Waals surface area (Å²) >= 11 is 5.77. The third-order valence-electron chi connectivity index (χ3n) is 3.71. The second-order valence-electron chi connectivity index (χ2n) is 6.51. The van der Waals surface area contributed by atoms with Crippen molar-refractivity contribution in [2.24, 2.45) is 5.92 Å². The van der Waals surface area contributed by atoms with Crippen molar-refractivity contribution in [1.29, 1.82) is 0 Å². The van der Waals surface area contributed by atoms with Crippen LogP contribution in [0.1, 0.15) is 40.0 Å². The topological polar surface area (TPSA) is 66.5 Å². The summed E-state index contributed by atoms with van der Waals surface area (Å²) in [7, 11) is -2.31. The molecule has 0 bridgehead atoms. The first-order valence-electron chi connectivity index (χ1n) is 8.14. The number of amides is 1. The molecule has 1 aromatic carbocycles. The summed E-state index contributed by atoms with van der Waals surface area (Å²) in [6.45, 7) is 6.06. The van der Waals surface area contributed by atoms with Crippen LogP contribution in [0, 0.1) is 5.92 Å². The van der Waals surface area contributed by atoms with Crippen molar-refractivity contribution in [3.8, 4) is 0 Å². The summed E-state index contributed by atoms with van der Waals surface area (Å²) in [5.41, 5.74) is 0. The minimum atomic E-state index is -3.70. The maximum atomic E-state index is 12.4. The Bertz CT molecular complexity index is 630. The second kappa shape index (κ2) is 9.39. The van der Waals surface area contributed by atoms with Gasteiger partial charge in [0.2, 0.25) is 15.9 Å². The number of nitrogens with zero attached hydrogens (tertiary/aromatic N) is 1. The molecule has 0 aliphatic rings. The third-order valence-corrected chi connectivity index (χ3v) is 5.78. The number of rotatable bonds is 9. The number of benzene rings is 1. The number of hydrogen-bond acceptors (Lipinski definition) is 3. The van der Waals surface area contributed by atoms with E-state index in [1.807, 2.05) is 6.92 Å². The van der Waals surface area contributed by atoms with Crippen molar-refractivity contribution in [2.75, 3.05) is 13.6 Å². The Balaban J connectivity index is 2.55. The van der Waals surface area contributed by atoms with Gasteiger partial charge in [-0.15, -0.1) is 0 Å². The van der Waals surface area contributed by atoms with Crippen LogP contribution in [0.5, 0.6) is 0 Å². The van der Waals surface area contributed by atoms with E-state index in [2.05, 4.69) is 19.2 Å². The molecule has 0 aromatic heterocycles. The van der Waals surface area contributed by atoms with Crippen molar-refractivity contribution in [3.63, 3.8) is 0 Å². The number of hydrogen-bond donors (Lipinski definition) is 1. The molecule has 0 saturated heterocycles. The molecular weight excluding hydrogens is 348 g/mol. The van der Waals surface area contributed by atoms with E-state index in [1.165, 1.54) is 31.3 Å². The van der Waals surface area contributed by atoms with Crippen LogP contribution in [0.2, 0.25) is 5.02 Å². The monoisotopic (exact) mass is 374 g/mol. The fraction of sp³-hybridized carbons (Fsp3) is 0.588. The Morgan fingerprint density at radius 1 is 1.17 bits per heavy atom. The second-order valence-corrected chi connectivity index (χ2v) is 8.99. The first kappa shape index (κ1) is 20.9. The molecule has 0 radical (unpaired) electrons. The molecule has 24 heavy (non-hydrogen) atoms. The molecule has 0 aliphatic carbocycles. The molecule has 1 amide bonds. The van der Waals surface area contributed by atoms with Gasteiger partial charge in [0.15, 0.2) is 0 Å². The van der Waals surface area contributed by atoms with E-state index in [-0.39, 0.29) is 23.4 Å². The number of nitrogens with one attached hydrogen (secondary N) is 1. The molecule has 7 heteroatoms. The first-order chi connectivity index (χ1) is 11.1. The van der Waals surface area contributed by atoms with Crippen LogP contribution in [-0.2, 0) is 14.8 Å². The Morgan fingerprint density at radius 3 is 2.29 bits per heavy atom. The summed E-state index contributed by atoms with van der Waals surface area (Å²) < 4.78 is 25.9. The van der Waals surface area contributed by atoms with E-state index in [1.54, 1.807) is 0 Å². The molecule has 1 atom stereocenters. The number of halogens is 1. The van der Waals surface area contributed by atoms with Crippen molar-refractivity contribution in [2.45, 2.75) is 51.0 Å². The van der Waals surface area contributed by atoms with Crippen LogP contribution in [-0.4, -0.2) is 38.3 Å². The van der Waals surface area contributed by atoms with Gasteiger partial charge in [0.25, 0.3) is 0 Å². The lowest BCUT2D eigenvalue weighted by Gasteiger charge is -2.19. The minimum Gasteiger partial charge on any atom is -0.353 e. The first-order valence-corrected chi connectivity index (χ1v) is 9.96. The van der Waals surface area contributed by atoms with Gasteiger partial charge in [0, 0.05) is 18.1 Å². The van der Waals surface area contributed by atoms with E-state index in [0.717, 1.165) is 23.6 Å². The van der Waals surface area contributed by atoms with Crippen LogP contribution >= 0.6 is 11.6 Å². The Kier molecular flexibility index (Phi) is 8.19. The molecule has 1 aromatic rings. The Hall–Kier alpha value is -1.11. The van der Waals surface area contributed by atoms with Gasteiger partial charge in [-0.25, -0.2) is 8.42 Å². The van der Waals surface area contributed by atoms with Gasteiger partial charge in [0.05, 0.1) is 11.4 Å². The molecule has 5 nitrogen and oxygen atoms in total. The number of sulfonamides is 1. The minimum absolute atomic E-state index is 0.0304. The highest BCUT2D eigenvalue weighted by molar-refractivity contribution is 7.89. The highest BCUT2D eigenvalue weighted by atomic mass is 35.5. The lowest BCUT2D eigenvalue weighted by Crippen LogP contribution is -2.41. The Morgan fingerprint density at radius 2 is 1.75 bits per heavy atom. The largest absolute Gasteiger partial charge is 0.353 e. The van der Waals surface area contributed by atoms with Gasteiger partial charge in [0.1, 0.15) is 0 Å². The molecule has 0 spiro atoms. The van der Waals surface area contributed by atoms with E-state index in [9.17, 15) is 13.2 Å². The van der Waals surface area contributed by atoms with Gasteiger partial charge in [-0.2, -0.15) is 4.31 Å². The van der Waals surface area contributed by atoms with Crippen molar-refractivity contribution in [1.82, 2.24) is 9.62 Å². The fourth-order valence-electron chi connectivity index (χ4n) is 2.30. The number of carbonyl (C=O) groups excluding carboxylic acids is 1. The third kappa shape index (κ3) is 6.79. The normalized spacial score (nSPS) is 13.3. The average molecular weight is 375 g/mol. The molecular formula is C17H27ClN2O3S. The molecule has 0 fully saturated rings. The summed E-state index contributed by atoms with van der Waals surface area (Å²) in [5, 5.41) is 3.31. The van der Waals surface area contributed by atoms with Crippen LogP contribution < -0.4 is 5.32 Å². The van der Waals surface area contributed by atoms with Gasteiger partial charge in [-0.05, 0) is 43.5 Å². The zero-order valence-corrected chi connectivity index (χ0v) is 16.3. The molecule has 1 N–H and O–H groups in total. The molecule has 1 rings (SSSR count).